The van der Waals surface area contributed by atoms with Gasteiger partial charge < -0.3 is 19.7 Å². The predicted octanol–water partition coefficient (Wildman–Crippen LogP) is 4.01. The van der Waals surface area contributed by atoms with Gasteiger partial charge in [-0.2, -0.15) is 0 Å². The van der Waals surface area contributed by atoms with Crippen molar-refractivity contribution in [3.63, 3.8) is 0 Å². The van der Waals surface area contributed by atoms with Crippen LogP contribution in [0, 0.1) is 5.82 Å². The summed E-state index contributed by atoms with van der Waals surface area (Å²) in [4.78, 5) is 13.5. The topological polar surface area (TPSA) is 62.8 Å². The lowest BCUT2D eigenvalue weighted by molar-refractivity contribution is 0.171. The standard InChI is InChI=1S/C24H26FN5O2/c1-17(18-2-4-19(25)5-3-18)29-8-10-30(11-9-29)24-15-23(26-16-27-24)28-20-6-7-21-22(14-20)32-13-12-31-21/h2-7,14-17H,8-13H2,1H3,(H,26,27,28). The first-order valence-electron chi connectivity index (χ1n) is 10.9. The molecule has 7 nitrogen and oxygen atoms in total. The number of aromatic nitrogens is 2. The van der Waals surface area contributed by atoms with Gasteiger partial charge in [-0.25, -0.2) is 14.4 Å². The maximum Gasteiger partial charge on any atom is 0.163 e. The Morgan fingerprint density at radius 3 is 2.44 bits per heavy atom. The highest BCUT2D eigenvalue weighted by Gasteiger charge is 2.23. The number of rotatable bonds is 5. The number of fused-ring (bicyclic) bond motifs is 1. The Bertz CT molecular complexity index is 1070. The first-order chi connectivity index (χ1) is 15.7. The average molecular weight is 436 g/mol. The summed E-state index contributed by atoms with van der Waals surface area (Å²) < 4.78 is 24.5. The number of piperazine rings is 1. The lowest BCUT2D eigenvalue weighted by Crippen LogP contribution is -2.47. The van der Waals surface area contributed by atoms with Gasteiger partial charge in [-0.05, 0) is 36.8 Å². The van der Waals surface area contributed by atoms with Gasteiger partial charge in [-0.15, -0.1) is 0 Å². The Hall–Kier alpha value is -3.39. The largest absolute Gasteiger partial charge is 0.486 e. The number of hydrogen-bond donors (Lipinski definition) is 1. The van der Waals surface area contributed by atoms with Crippen LogP contribution in [0.4, 0.5) is 21.7 Å². The first kappa shape index (κ1) is 20.5. The lowest BCUT2D eigenvalue weighted by atomic mass is 10.1. The van der Waals surface area contributed by atoms with E-state index in [0.29, 0.717) is 13.2 Å². The van der Waals surface area contributed by atoms with E-state index >= 15 is 0 Å². The second-order valence-corrected chi connectivity index (χ2v) is 8.00. The molecule has 32 heavy (non-hydrogen) atoms. The molecule has 0 bridgehead atoms. The van der Waals surface area contributed by atoms with E-state index in [0.717, 1.165) is 60.6 Å². The molecule has 2 aliphatic rings. The van der Waals surface area contributed by atoms with Crippen LogP contribution < -0.4 is 19.7 Å². The Morgan fingerprint density at radius 1 is 0.906 bits per heavy atom. The number of nitrogens with zero attached hydrogens (tertiary/aromatic N) is 4. The molecule has 0 radical (unpaired) electrons. The van der Waals surface area contributed by atoms with Crippen LogP contribution >= 0.6 is 0 Å². The molecule has 2 aromatic carbocycles. The van der Waals surface area contributed by atoms with Gasteiger partial charge in [0.25, 0.3) is 0 Å². The predicted molar refractivity (Wildman–Crippen MR) is 121 cm³/mol. The molecular weight excluding hydrogens is 409 g/mol. The van der Waals surface area contributed by atoms with Crippen LogP contribution in [-0.2, 0) is 0 Å². The zero-order valence-corrected chi connectivity index (χ0v) is 18.0. The van der Waals surface area contributed by atoms with E-state index in [1.54, 1.807) is 6.33 Å². The van der Waals surface area contributed by atoms with Crippen molar-refractivity contribution in [1.29, 1.82) is 0 Å². The van der Waals surface area contributed by atoms with Gasteiger partial charge in [0.15, 0.2) is 11.5 Å². The molecule has 3 aromatic rings. The third-order valence-electron chi connectivity index (χ3n) is 6.01. The fourth-order valence-corrected chi connectivity index (χ4v) is 4.15. The van der Waals surface area contributed by atoms with E-state index in [-0.39, 0.29) is 11.9 Å². The number of hydrogen-bond acceptors (Lipinski definition) is 7. The number of halogens is 1. The van der Waals surface area contributed by atoms with Crippen LogP contribution in [0.2, 0.25) is 0 Å². The molecule has 1 N–H and O–H groups in total. The Labute approximate surface area is 186 Å². The third kappa shape index (κ3) is 4.45. The minimum Gasteiger partial charge on any atom is -0.486 e. The monoisotopic (exact) mass is 435 g/mol. The Balaban J connectivity index is 1.22. The van der Waals surface area contributed by atoms with Crippen molar-refractivity contribution in [3.05, 3.63) is 66.2 Å². The fraction of sp³-hybridized carbons (Fsp3) is 0.333. The molecule has 1 fully saturated rings. The van der Waals surface area contributed by atoms with Crippen molar-refractivity contribution in [1.82, 2.24) is 14.9 Å². The lowest BCUT2D eigenvalue weighted by Gasteiger charge is -2.38. The zero-order chi connectivity index (χ0) is 21.9. The van der Waals surface area contributed by atoms with Gasteiger partial charge >= 0.3 is 0 Å². The Kier molecular flexibility index (Phi) is 5.77. The summed E-state index contributed by atoms with van der Waals surface area (Å²) >= 11 is 0. The van der Waals surface area contributed by atoms with Crippen molar-refractivity contribution in [2.24, 2.45) is 0 Å². The molecule has 0 saturated carbocycles. The molecule has 2 aliphatic heterocycles. The van der Waals surface area contributed by atoms with E-state index in [2.05, 4.69) is 32.0 Å². The van der Waals surface area contributed by atoms with Crippen molar-refractivity contribution in [2.75, 3.05) is 49.6 Å². The van der Waals surface area contributed by atoms with E-state index in [4.69, 9.17) is 9.47 Å². The van der Waals surface area contributed by atoms with Gasteiger partial charge in [0.2, 0.25) is 0 Å². The number of nitrogens with one attached hydrogen (secondary N) is 1. The molecular formula is C24H26FN5O2. The summed E-state index contributed by atoms with van der Waals surface area (Å²) in [5.74, 6) is 2.93. The second-order valence-electron chi connectivity index (χ2n) is 8.00. The second kappa shape index (κ2) is 9.00. The van der Waals surface area contributed by atoms with E-state index in [9.17, 15) is 4.39 Å². The van der Waals surface area contributed by atoms with E-state index in [1.165, 1.54) is 12.1 Å². The summed E-state index contributed by atoms with van der Waals surface area (Å²) in [6.45, 7) is 6.85. The summed E-state index contributed by atoms with van der Waals surface area (Å²) in [5, 5.41) is 3.33. The van der Waals surface area contributed by atoms with Crippen molar-refractivity contribution >= 4 is 17.3 Å². The van der Waals surface area contributed by atoms with Gasteiger partial charge in [0.1, 0.15) is 37.0 Å². The van der Waals surface area contributed by atoms with Gasteiger partial charge in [-0.1, -0.05) is 12.1 Å². The molecule has 8 heteroatoms. The number of benzene rings is 2. The molecule has 1 aromatic heterocycles. The molecule has 0 spiro atoms. The first-order valence-corrected chi connectivity index (χ1v) is 10.9. The van der Waals surface area contributed by atoms with Crippen molar-refractivity contribution in [2.45, 2.75) is 13.0 Å². The molecule has 1 saturated heterocycles. The average Bonchev–Trinajstić information content (AvgIpc) is 2.84. The molecule has 0 amide bonds. The highest BCUT2D eigenvalue weighted by atomic mass is 19.1. The third-order valence-corrected chi connectivity index (χ3v) is 6.01. The Morgan fingerprint density at radius 2 is 1.66 bits per heavy atom. The minimum absolute atomic E-state index is 0.199. The van der Waals surface area contributed by atoms with Crippen molar-refractivity contribution < 1.29 is 13.9 Å². The quantitative estimate of drug-likeness (QED) is 0.650. The van der Waals surface area contributed by atoms with Gasteiger partial charge in [0, 0.05) is 50.0 Å². The molecule has 3 heterocycles. The maximum atomic E-state index is 13.2. The van der Waals surface area contributed by atoms with Crippen LogP contribution in [0.25, 0.3) is 0 Å². The maximum absolute atomic E-state index is 13.2. The fourth-order valence-electron chi connectivity index (χ4n) is 4.15. The van der Waals surface area contributed by atoms with Crippen LogP contribution in [0.3, 0.4) is 0 Å². The van der Waals surface area contributed by atoms with Crippen molar-refractivity contribution in [3.8, 4) is 11.5 Å². The smallest absolute Gasteiger partial charge is 0.163 e. The molecule has 5 rings (SSSR count). The molecule has 0 aliphatic carbocycles. The molecule has 1 unspecified atom stereocenters. The summed E-state index contributed by atoms with van der Waals surface area (Å²) in [6.07, 6.45) is 1.59. The van der Waals surface area contributed by atoms with Gasteiger partial charge in [-0.3, -0.25) is 4.90 Å². The summed E-state index contributed by atoms with van der Waals surface area (Å²) in [5.41, 5.74) is 2.02. The highest BCUT2D eigenvalue weighted by molar-refractivity contribution is 5.63. The molecule has 166 valence electrons. The van der Waals surface area contributed by atoms with Crippen LogP contribution in [-0.4, -0.2) is 54.3 Å². The molecule has 1 atom stereocenters. The number of anilines is 3. The summed E-state index contributed by atoms with van der Waals surface area (Å²) in [7, 11) is 0. The summed E-state index contributed by atoms with van der Waals surface area (Å²) in [6, 6.07) is 14.8. The van der Waals surface area contributed by atoms with E-state index < -0.39 is 0 Å². The number of ether oxygens (including phenoxy) is 2. The minimum atomic E-state index is -0.199. The van der Waals surface area contributed by atoms with Crippen LogP contribution in [0.5, 0.6) is 11.5 Å². The SMILES string of the molecule is CC(c1ccc(F)cc1)N1CCN(c2cc(Nc3ccc4c(c3)OCCO4)ncn2)CC1. The highest BCUT2D eigenvalue weighted by Crippen LogP contribution is 2.33. The zero-order valence-electron chi connectivity index (χ0n) is 18.0. The van der Waals surface area contributed by atoms with Crippen LogP contribution in [0.1, 0.15) is 18.5 Å². The van der Waals surface area contributed by atoms with Crippen LogP contribution in [0.15, 0.2) is 54.9 Å². The normalized spacial score (nSPS) is 17.1. The van der Waals surface area contributed by atoms with E-state index in [1.807, 2.05) is 36.4 Å². The van der Waals surface area contributed by atoms with Gasteiger partial charge in [0.05, 0.1) is 0 Å².